The van der Waals surface area contributed by atoms with Gasteiger partial charge >= 0.3 is 0 Å². The van der Waals surface area contributed by atoms with E-state index in [1.807, 2.05) is 23.6 Å². The van der Waals surface area contributed by atoms with Gasteiger partial charge in [-0.3, -0.25) is 0 Å². The van der Waals surface area contributed by atoms with Crippen molar-refractivity contribution in [1.29, 1.82) is 0 Å². The van der Waals surface area contributed by atoms with Gasteiger partial charge < -0.3 is 20.5 Å². The number of ether oxygens (including phenoxy) is 2. The highest BCUT2D eigenvalue weighted by Crippen LogP contribution is 2.34. The van der Waals surface area contributed by atoms with Gasteiger partial charge in [-0.25, -0.2) is 4.98 Å². The Morgan fingerprint density at radius 2 is 2.24 bits per heavy atom. The molecule has 0 spiro atoms. The topological polar surface area (TPSA) is 69.4 Å². The lowest BCUT2D eigenvalue weighted by Gasteiger charge is -2.05. The number of rotatable bonds is 3. The number of nitrogens with zero attached hydrogens (tertiary/aromatic N) is 1. The Balaban J connectivity index is 1.69. The Morgan fingerprint density at radius 3 is 3.06 bits per heavy atom. The second-order valence-electron chi connectivity index (χ2n) is 3.60. The van der Waals surface area contributed by atoms with Crippen molar-refractivity contribution in [1.82, 2.24) is 4.98 Å². The van der Waals surface area contributed by atoms with Crippen LogP contribution in [-0.2, 0) is 6.54 Å². The molecule has 0 saturated heterocycles. The quantitative estimate of drug-likeness (QED) is 0.871. The first-order valence-electron chi connectivity index (χ1n) is 5.15. The molecule has 17 heavy (non-hydrogen) atoms. The van der Waals surface area contributed by atoms with E-state index in [9.17, 15) is 0 Å². The van der Waals surface area contributed by atoms with E-state index in [0.29, 0.717) is 18.5 Å². The van der Waals surface area contributed by atoms with Crippen molar-refractivity contribution in [3.63, 3.8) is 0 Å². The van der Waals surface area contributed by atoms with E-state index < -0.39 is 0 Å². The van der Waals surface area contributed by atoms with Crippen LogP contribution in [0.4, 0.5) is 10.8 Å². The van der Waals surface area contributed by atoms with Crippen LogP contribution in [0, 0.1) is 0 Å². The van der Waals surface area contributed by atoms with E-state index in [2.05, 4.69) is 10.3 Å². The molecule has 0 fully saturated rings. The van der Waals surface area contributed by atoms with Crippen LogP contribution in [0.3, 0.4) is 0 Å². The Morgan fingerprint density at radius 1 is 1.35 bits per heavy atom. The summed E-state index contributed by atoms with van der Waals surface area (Å²) in [7, 11) is 0. The molecule has 3 rings (SSSR count). The number of nitrogen functional groups attached to an aromatic ring is 1. The average molecular weight is 249 g/mol. The molecule has 0 amide bonds. The van der Waals surface area contributed by atoms with Gasteiger partial charge in [0.1, 0.15) is 0 Å². The summed E-state index contributed by atoms with van der Waals surface area (Å²) in [6.45, 7) is 0.939. The molecule has 88 valence electrons. The second-order valence-corrected chi connectivity index (χ2v) is 4.49. The van der Waals surface area contributed by atoms with Crippen molar-refractivity contribution < 1.29 is 9.47 Å². The number of thiazole rings is 1. The third kappa shape index (κ3) is 2.12. The fourth-order valence-corrected chi connectivity index (χ4v) is 2.17. The summed E-state index contributed by atoms with van der Waals surface area (Å²) in [5.74, 6) is 1.56. The highest BCUT2D eigenvalue weighted by Gasteiger charge is 2.12. The number of hydrogen-bond donors (Lipinski definition) is 2. The maximum atomic E-state index is 5.56. The van der Waals surface area contributed by atoms with Crippen molar-refractivity contribution in [2.45, 2.75) is 6.54 Å². The van der Waals surface area contributed by atoms with Crippen LogP contribution in [0.1, 0.15) is 5.69 Å². The lowest BCUT2D eigenvalue weighted by molar-refractivity contribution is 0.174. The molecule has 2 aromatic rings. The van der Waals surface area contributed by atoms with Gasteiger partial charge in [-0.2, -0.15) is 0 Å². The molecule has 2 heterocycles. The molecule has 0 atom stereocenters. The van der Waals surface area contributed by atoms with Crippen molar-refractivity contribution >= 4 is 22.2 Å². The van der Waals surface area contributed by atoms with E-state index in [-0.39, 0.29) is 0 Å². The molecule has 3 N–H and O–H groups in total. The number of fused-ring (bicyclic) bond motifs is 1. The SMILES string of the molecule is Nc1nc(CNc2ccc3c(c2)OCO3)cs1. The van der Waals surface area contributed by atoms with Gasteiger partial charge in [0.25, 0.3) is 0 Å². The summed E-state index contributed by atoms with van der Waals surface area (Å²) in [5, 5.41) is 5.79. The highest BCUT2D eigenvalue weighted by molar-refractivity contribution is 7.13. The first-order valence-corrected chi connectivity index (χ1v) is 6.02. The Hall–Kier alpha value is -1.95. The van der Waals surface area contributed by atoms with Gasteiger partial charge in [-0.1, -0.05) is 0 Å². The van der Waals surface area contributed by atoms with Gasteiger partial charge in [0.15, 0.2) is 16.6 Å². The summed E-state index contributed by atoms with van der Waals surface area (Å²) in [6, 6.07) is 5.75. The average Bonchev–Trinajstić information content (AvgIpc) is 2.94. The zero-order valence-electron chi connectivity index (χ0n) is 8.97. The smallest absolute Gasteiger partial charge is 0.231 e. The minimum Gasteiger partial charge on any atom is -0.454 e. The standard InChI is InChI=1S/C11H11N3O2S/c12-11-14-8(5-17-11)4-13-7-1-2-9-10(3-7)16-6-15-9/h1-3,5,13H,4,6H2,(H2,12,14). The molecule has 0 saturated carbocycles. The molecule has 1 aromatic carbocycles. The van der Waals surface area contributed by atoms with Crippen molar-refractivity contribution in [2.24, 2.45) is 0 Å². The molecule has 0 unspecified atom stereocenters. The molecule has 0 aliphatic carbocycles. The lowest BCUT2D eigenvalue weighted by atomic mass is 10.2. The fraction of sp³-hybridized carbons (Fsp3) is 0.182. The van der Waals surface area contributed by atoms with E-state index >= 15 is 0 Å². The molecule has 1 aliphatic heterocycles. The molecule has 0 radical (unpaired) electrons. The predicted molar refractivity (Wildman–Crippen MR) is 66.4 cm³/mol. The van der Waals surface area contributed by atoms with E-state index in [1.165, 1.54) is 11.3 Å². The third-order valence-electron chi connectivity index (χ3n) is 2.42. The van der Waals surface area contributed by atoms with Crippen LogP contribution in [0.25, 0.3) is 0 Å². The van der Waals surface area contributed by atoms with Crippen LogP contribution in [0.15, 0.2) is 23.6 Å². The molecule has 1 aliphatic rings. The summed E-state index contributed by atoms with van der Waals surface area (Å²) in [6.07, 6.45) is 0. The van der Waals surface area contributed by atoms with Gasteiger partial charge in [0.2, 0.25) is 6.79 Å². The molecule has 1 aromatic heterocycles. The lowest BCUT2D eigenvalue weighted by Crippen LogP contribution is -1.99. The third-order valence-corrected chi connectivity index (χ3v) is 3.14. The maximum Gasteiger partial charge on any atom is 0.231 e. The number of nitrogens with one attached hydrogen (secondary N) is 1. The number of aromatic nitrogens is 1. The Labute approximate surface area is 102 Å². The van der Waals surface area contributed by atoms with E-state index in [1.54, 1.807) is 0 Å². The molecular weight excluding hydrogens is 238 g/mol. The van der Waals surface area contributed by atoms with Gasteiger partial charge in [-0.05, 0) is 12.1 Å². The zero-order valence-corrected chi connectivity index (χ0v) is 9.79. The van der Waals surface area contributed by atoms with Crippen molar-refractivity contribution in [2.75, 3.05) is 17.8 Å². The number of anilines is 2. The maximum absolute atomic E-state index is 5.56. The van der Waals surface area contributed by atoms with Gasteiger partial charge in [-0.15, -0.1) is 11.3 Å². The largest absolute Gasteiger partial charge is 0.454 e. The van der Waals surface area contributed by atoms with Crippen LogP contribution in [0.5, 0.6) is 11.5 Å². The number of nitrogens with two attached hydrogens (primary N) is 1. The van der Waals surface area contributed by atoms with Crippen LogP contribution >= 0.6 is 11.3 Å². The fourth-order valence-electron chi connectivity index (χ4n) is 1.60. The minimum atomic E-state index is 0.293. The minimum absolute atomic E-state index is 0.293. The Bertz CT molecular complexity index is 541. The summed E-state index contributed by atoms with van der Waals surface area (Å²) < 4.78 is 10.5. The number of benzene rings is 1. The monoisotopic (exact) mass is 249 g/mol. The Kier molecular flexibility index (Phi) is 2.49. The molecule has 5 nitrogen and oxygen atoms in total. The zero-order chi connectivity index (χ0) is 11.7. The summed E-state index contributed by atoms with van der Waals surface area (Å²) in [4.78, 5) is 4.18. The first-order chi connectivity index (χ1) is 8.31. The van der Waals surface area contributed by atoms with E-state index in [4.69, 9.17) is 15.2 Å². The first kappa shape index (κ1) is 10.2. The summed E-state index contributed by atoms with van der Waals surface area (Å²) in [5.41, 5.74) is 7.47. The molecular formula is C11H11N3O2S. The van der Waals surface area contributed by atoms with Crippen LogP contribution in [0.2, 0.25) is 0 Å². The summed E-state index contributed by atoms with van der Waals surface area (Å²) >= 11 is 1.44. The van der Waals surface area contributed by atoms with Crippen LogP contribution in [-0.4, -0.2) is 11.8 Å². The van der Waals surface area contributed by atoms with Crippen LogP contribution < -0.4 is 20.5 Å². The number of hydrogen-bond acceptors (Lipinski definition) is 6. The van der Waals surface area contributed by atoms with Gasteiger partial charge in [0, 0.05) is 17.1 Å². The predicted octanol–water partition coefficient (Wildman–Crippen LogP) is 2.07. The van der Waals surface area contributed by atoms with Crippen molar-refractivity contribution in [3.8, 4) is 11.5 Å². The molecule has 6 heteroatoms. The highest BCUT2D eigenvalue weighted by atomic mass is 32.1. The normalized spacial score (nSPS) is 12.7. The molecule has 0 bridgehead atoms. The van der Waals surface area contributed by atoms with Crippen molar-refractivity contribution in [3.05, 3.63) is 29.3 Å². The van der Waals surface area contributed by atoms with Gasteiger partial charge in [0.05, 0.1) is 12.2 Å². The van der Waals surface area contributed by atoms with E-state index in [0.717, 1.165) is 22.9 Å². The second kappa shape index (κ2) is 4.14.